The van der Waals surface area contributed by atoms with Gasteiger partial charge in [-0.3, -0.25) is 4.98 Å². The molecule has 9 aromatic rings. The monoisotopic (exact) mass is 728 g/mol. The molecule has 238 valence electrons. The molecule has 1 aliphatic rings. The van der Waals surface area contributed by atoms with Crippen LogP contribution in [0.2, 0.25) is 0 Å². The summed E-state index contributed by atoms with van der Waals surface area (Å²) in [6.45, 7) is 4.47. The summed E-state index contributed by atoms with van der Waals surface area (Å²) >= 11 is 0. The largest absolute Gasteiger partial charge is 2.00 e. The van der Waals surface area contributed by atoms with Crippen LogP contribution in [-0.4, -0.2) is 14.4 Å². The molecule has 0 radical (unpaired) electrons. The Hall–Kier alpha value is -5.35. The predicted octanol–water partition coefficient (Wildman–Crippen LogP) is 10.7. The number of rotatable bonds is 3. The van der Waals surface area contributed by atoms with Crippen LogP contribution in [0.15, 0.2) is 126 Å². The number of pyridine rings is 2. The summed E-state index contributed by atoms with van der Waals surface area (Å²) in [4.78, 5) is 11.6. The Morgan fingerprint density at radius 1 is 0.735 bits per heavy atom. The van der Waals surface area contributed by atoms with Crippen molar-refractivity contribution >= 4 is 66.5 Å². The molecule has 7 heteroatoms. The number of para-hydroxylation sites is 2. The van der Waals surface area contributed by atoms with Gasteiger partial charge in [-0.25, -0.2) is 9.37 Å². The number of nitrogens with zero attached hydrogens (tertiary/aromatic N) is 4. The molecule has 4 aromatic heterocycles. The Morgan fingerprint density at radius 2 is 1.55 bits per heavy atom. The van der Waals surface area contributed by atoms with Crippen molar-refractivity contribution in [2.45, 2.75) is 25.4 Å². The first-order chi connectivity index (χ1) is 23.5. The number of imidazole rings is 1. The van der Waals surface area contributed by atoms with Gasteiger partial charge in [0.1, 0.15) is 23.2 Å². The zero-order valence-corrected chi connectivity index (χ0v) is 28.1. The first-order valence-electron chi connectivity index (χ1n) is 16.1. The molecule has 0 saturated carbocycles. The molecule has 5 nitrogen and oxygen atoms in total. The molecule has 5 aromatic carbocycles. The van der Waals surface area contributed by atoms with E-state index in [-0.39, 0.29) is 25.8 Å². The van der Waals surface area contributed by atoms with E-state index in [1.54, 1.807) is 12.3 Å². The number of halogens is 1. The maximum atomic E-state index is 16.7. The fraction of sp³-hybridized carbons (Fsp3) is 0.0952. The minimum Gasteiger partial charge on any atom is -0.456 e. The Morgan fingerprint density at radius 3 is 2.45 bits per heavy atom. The van der Waals surface area contributed by atoms with Gasteiger partial charge in [0, 0.05) is 45.9 Å². The zero-order chi connectivity index (χ0) is 32.1. The van der Waals surface area contributed by atoms with E-state index >= 15 is 4.39 Å². The van der Waals surface area contributed by atoms with E-state index in [0.717, 1.165) is 71.9 Å². The smallest absolute Gasteiger partial charge is 0.456 e. The number of hydrogen-bond donors (Lipinski definition) is 0. The summed E-state index contributed by atoms with van der Waals surface area (Å²) in [7, 11) is 0. The molecule has 0 spiro atoms. The van der Waals surface area contributed by atoms with Gasteiger partial charge in [0.15, 0.2) is 0 Å². The summed E-state index contributed by atoms with van der Waals surface area (Å²) in [5.41, 5.74) is 7.85. The van der Waals surface area contributed by atoms with Crippen LogP contribution in [0.1, 0.15) is 42.3 Å². The average Bonchev–Trinajstić information content (AvgIpc) is 3.77. The quantitative estimate of drug-likeness (QED) is 0.103. The van der Waals surface area contributed by atoms with E-state index in [1.165, 1.54) is 0 Å². The van der Waals surface area contributed by atoms with Gasteiger partial charge in [0.05, 0.1) is 11.3 Å². The van der Waals surface area contributed by atoms with E-state index in [4.69, 9.17) is 9.40 Å². The SMILES string of the molecule is CC1(C)c2cccnc2N(c2[c-]c(C(F)c3[c-]c4c(cc3)c3ccccc3n3ccnc43)ccc2)c2ccc3oc4ccccc4c3c21.[Pd+2]. The molecule has 0 bridgehead atoms. The second kappa shape index (κ2) is 10.8. The third kappa shape index (κ3) is 4.19. The van der Waals surface area contributed by atoms with Crippen LogP contribution in [-0.2, 0) is 25.8 Å². The minimum atomic E-state index is -1.46. The second-order valence-electron chi connectivity index (χ2n) is 13.0. The molecule has 1 aliphatic heterocycles. The van der Waals surface area contributed by atoms with E-state index < -0.39 is 6.17 Å². The molecule has 0 saturated heterocycles. The Bertz CT molecular complexity index is 2760. The summed E-state index contributed by atoms with van der Waals surface area (Å²) in [5.74, 6) is 0.803. The molecule has 0 amide bonds. The van der Waals surface area contributed by atoms with Gasteiger partial charge in [-0.2, -0.15) is 18.2 Å². The topological polar surface area (TPSA) is 46.6 Å². The molecule has 0 aliphatic carbocycles. The van der Waals surface area contributed by atoms with E-state index in [9.17, 15) is 0 Å². The van der Waals surface area contributed by atoms with Gasteiger partial charge in [0.2, 0.25) is 0 Å². The summed E-state index contributed by atoms with van der Waals surface area (Å²) in [6, 6.07) is 40.9. The minimum absolute atomic E-state index is 0. The molecule has 0 N–H and O–H groups in total. The van der Waals surface area contributed by atoms with Crippen LogP contribution in [0.4, 0.5) is 21.6 Å². The molecule has 10 rings (SSSR count). The van der Waals surface area contributed by atoms with Crippen LogP contribution in [0.25, 0.3) is 49.3 Å². The average molecular weight is 729 g/mol. The van der Waals surface area contributed by atoms with E-state index in [0.29, 0.717) is 16.8 Å². The molecule has 5 heterocycles. The van der Waals surface area contributed by atoms with Crippen molar-refractivity contribution in [1.29, 1.82) is 0 Å². The van der Waals surface area contributed by atoms with E-state index in [1.807, 2.05) is 83.5 Å². The molecule has 1 unspecified atom stereocenters. The number of alkyl halides is 1. The fourth-order valence-electron chi connectivity index (χ4n) is 7.75. The first-order valence-corrected chi connectivity index (χ1v) is 16.1. The number of furan rings is 1. The van der Waals surface area contributed by atoms with Crippen molar-refractivity contribution in [2.24, 2.45) is 0 Å². The molecular weight excluding hydrogens is 702 g/mol. The Kier molecular flexibility index (Phi) is 6.58. The third-order valence-corrected chi connectivity index (χ3v) is 9.93. The normalized spacial score (nSPS) is 14.3. The van der Waals surface area contributed by atoms with Gasteiger partial charge >= 0.3 is 20.4 Å². The standard InChI is InChI=1S/C42H27FN4O.Pd/c1-42(2)32-13-8-20-44-41(32)47(34-18-19-36-37(38(34)42)30-12-4-6-15-35(30)48-36)27-10-7-9-25(23-27)39(43)26-16-17-28-29-11-3-5-14-33(29)46-22-21-45-40(46)31(28)24-26;/h3-22,39H,1-2H3;/q-2;+2. The number of hydrogen-bond acceptors (Lipinski definition) is 4. The number of aromatic nitrogens is 3. The van der Waals surface area contributed by atoms with Crippen molar-refractivity contribution in [3.05, 3.63) is 156 Å². The summed E-state index contributed by atoms with van der Waals surface area (Å²) in [6.07, 6.45) is 4.06. The third-order valence-electron chi connectivity index (χ3n) is 9.93. The fourth-order valence-corrected chi connectivity index (χ4v) is 7.75. The van der Waals surface area contributed by atoms with Crippen LogP contribution in [0.3, 0.4) is 0 Å². The van der Waals surface area contributed by atoms with Crippen molar-refractivity contribution < 1.29 is 29.2 Å². The molecule has 0 fully saturated rings. The van der Waals surface area contributed by atoms with Gasteiger partial charge in [-0.15, -0.1) is 29.8 Å². The Balaban J connectivity index is 0.00000325. The molecule has 49 heavy (non-hydrogen) atoms. The summed E-state index contributed by atoms with van der Waals surface area (Å²) < 4.78 is 25.1. The Labute approximate surface area is 295 Å². The van der Waals surface area contributed by atoms with Gasteiger partial charge in [0.25, 0.3) is 0 Å². The van der Waals surface area contributed by atoms with Gasteiger partial charge in [-0.1, -0.05) is 78.3 Å². The number of benzene rings is 5. The number of fused-ring (bicyclic) bond motifs is 12. The van der Waals surface area contributed by atoms with Gasteiger partial charge in [-0.05, 0) is 41.3 Å². The first kappa shape index (κ1) is 29.8. The van der Waals surface area contributed by atoms with Crippen molar-refractivity contribution in [1.82, 2.24) is 14.4 Å². The maximum absolute atomic E-state index is 16.7. The van der Waals surface area contributed by atoms with Crippen LogP contribution in [0.5, 0.6) is 0 Å². The van der Waals surface area contributed by atoms with E-state index in [2.05, 4.69) is 66.2 Å². The van der Waals surface area contributed by atoms with Crippen LogP contribution in [0, 0.1) is 12.1 Å². The maximum Gasteiger partial charge on any atom is 2.00 e. The number of anilines is 3. The van der Waals surface area contributed by atoms with Crippen molar-refractivity contribution in [3.63, 3.8) is 0 Å². The van der Waals surface area contributed by atoms with Gasteiger partial charge < -0.3 is 13.7 Å². The second-order valence-corrected chi connectivity index (χ2v) is 13.0. The molecular formula is C42H27FN4OPd. The van der Waals surface area contributed by atoms with Crippen molar-refractivity contribution in [3.8, 4) is 0 Å². The van der Waals surface area contributed by atoms with Crippen LogP contribution < -0.4 is 4.90 Å². The van der Waals surface area contributed by atoms with Crippen LogP contribution >= 0.6 is 0 Å². The zero-order valence-electron chi connectivity index (χ0n) is 26.5. The summed E-state index contributed by atoms with van der Waals surface area (Å²) in [5, 5.41) is 5.00. The van der Waals surface area contributed by atoms with Crippen molar-refractivity contribution in [2.75, 3.05) is 4.90 Å². The molecule has 1 atom stereocenters. The predicted molar refractivity (Wildman–Crippen MR) is 189 cm³/mol.